The van der Waals surface area contributed by atoms with Gasteiger partial charge in [-0.15, -0.1) is 0 Å². The molecule has 3 nitrogen and oxygen atoms in total. The molecular formula is C10H19N3. The lowest BCUT2D eigenvalue weighted by Crippen LogP contribution is -2.29. The van der Waals surface area contributed by atoms with Crippen molar-refractivity contribution in [3.8, 4) is 0 Å². The van der Waals surface area contributed by atoms with Crippen molar-refractivity contribution < 1.29 is 0 Å². The Kier molecular flexibility index (Phi) is 3.48. The fourth-order valence-electron chi connectivity index (χ4n) is 1.14. The molecular weight excluding hydrogens is 162 g/mol. The van der Waals surface area contributed by atoms with Gasteiger partial charge in [0.15, 0.2) is 0 Å². The van der Waals surface area contributed by atoms with E-state index in [-0.39, 0.29) is 0 Å². The van der Waals surface area contributed by atoms with Crippen LogP contribution in [-0.4, -0.2) is 34.1 Å². The Hall–Kier alpha value is -0.830. The van der Waals surface area contributed by atoms with Crippen molar-refractivity contribution in [2.75, 3.05) is 13.6 Å². The van der Waals surface area contributed by atoms with Crippen LogP contribution in [0.3, 0.4) is 0 Å². The monoisotopic (exact) mass is 181 g/mol. The predicted octanol–water partition coefficient (Wildman–Crippen LogP) is 1.53. The van der Waals surface area contributed by atoms with Crippen LogP contribution in [0.25, 0.3) is 0 Å². The predicted molar refractivity (Wildman–Crippen MR) is 54.7 cm³/mol. The average Bonchev–Trinajstić information content (AvgIpc) is 2.47. The smallest absolute Gasteiger partial charge is 0.0948 e. The van der Waals surface area contributed by atoms with E-state index in [2.05, 4.69) is 42.3 Å². The van der Waals surface area contributed by atoms with Crippen molar-refractivity contribution >= 4 is 0 Å². The van der Waals surface area contributed by atoms with Crippen molar-refractivity contribution in [2.45, 2.75) is 33.4 Å². The molecule has 0 fully saturated rings. The summed E-state index contributed by atoms with van der Waals surface area (Å²) < 4.78 is 2.18. The zero-order valence-corrected chi connectivity index (χ0v) is 8.99. The van der Waals surface area contributed by atoms with Gasteiger partial charge in [0, 0.05) is 31.0 Å². The van der Waals surface area contributed by atoms with Crippen LogP contribution >= 0.6 is 0 Å². The van der Waals surface area contributed by atoms with Gasteiger partial charge in [-0.2, -0.15) is 0 Å². The molecule has 0 N–H and O–H groups in total. The molecule has 13 heavy (non-hydrogen) atoms. The Balaban J connectivity index is 2.39. The van der Waals surface area contributed by atoms with Crippen LogP contribution in [0.2, 0.25) is 0 Å². The lowest BCUT2D eigenvalue weighted by Gasteiger charge is -2.21. The zero-order valence-electron chi connectivity index (χ0n) is 8.99. The highest BCUT2D eigenvalue weighted by Crippen LogP contribution is 1.98. The van der Waals surface area contributed by atoms with Gasteiger partial charge < -0.3 is 9.47 Å². The van der Waals surface area contributed by atoms with Gasteiger partial charge in [0.2, 0.25) is 0 Å². The summed E-state index contributed by atoms with van der Waals surface area (Å²) in [4.78, 5) is 6.42. The number of rotatable bonds is 4. The summed E-state index contributed by atoms with van der Waals surface area (Å²) in [5.74, 6) is 0. The molecule has 0 spiro atoms. The minimum absolute atomic E-state index is 0.615. The largest absolute Gasteiger partial charge is 0.334 e. The van der Waals surface area contributed by atoms with Crippen LogP contribution in [0.5, 0.6) is 0 Å². The Morgan fingerprint density at radius 2 is 2.23 bits per heavy atom. The lowest BCUT2D eigenvalue weighted by atomic mass is 10.3. The van der Waals surface area contributed by atoms with E-state index in [1.54, 1.807) is 0 Å². The molecule has 1 aromatic heterocycles. The van der Waals surface area contributed by atoms with Crippen molar-refractivity contribution in [2.24, 2.45) is 0 Å². The van der Waals surface area contributed by atoms with E-state index in [9.17, 15) is 0 Å². The minimum Gasteiger partial charge on any atom is -0.334 e. The number of likely N-dealkylation sites (N-methyl/N-ethyl adjacent to an activating group) is 1. The molecule has 0 atom stereocenters. The third-order valence-corrected chi connectivity index (χ3v) is 2.50. The van der Waals surface area contributed by atoms with E-state index in [0.717, 1.165) is 13.1 Å². The Bertz CT molecular complexity index is 252. The molecule has 0 saturated carbocycles. The van der Waals surface area contributed by atoms with Crippen molar-refractivity contribution in [3.05, 3.63) is 18.2 Å². The molecule has 0 amide bonds. The number of hydrogen-bond acceptors (Lipinski definition) is 2. The number of aromatic nitrogens is 2. The topological polar surface area (TPSA) is 21.1 Å². The summed E-state index contributed by atoms with van der Waals surface area (Å²) in [6, 6.07) is 0.615. The standard InChI is InChI=1S/C10H19N3/c1-9(2)12(4)5-6-13-8-11-7-10(13)3/h7-9H,5-6H2,1-4H3. The highest BCUT2D eigenvalue weighted by molar-refractivity contribution is 4.93. The highest BCUT2D eigenvalue weighted by atomic mass is 15.2. The number of imidazole rings is 1. The summed E-state index contributed by atoms with van der Waals surface area (Å²) in [7, 11) is 2.15. The number of aryl methyl sites for hydroxylation is 1. The van der Waals surface area contributed by atoms with Gasteiger partial charge in [-0.1, -0.05) is 0 Å². The molecule has 0 aliphatic carbocycles. The number of hydrogen-bond donors (Lipinski definition) is 0. The molecule has 1 aromatic rings. The second-order valence-electron chi connectivity index (χ2n) is 3.80. The first-order valence-electron chi connectivity index (χ1n) is 4.78. The number of nitrogens with zero attached hydrogens (tertiary/aromatic N) is 3. The van der Waals surface area contributed by atoms with Crippen LogP contribution in [0.15, 0.2) is 12.5 Å². The fourth-order valence-corrected chi connectivity index (χ4v) is 1.14. The first-order chi connectivity index (χ1) is 6.11. The van der Waals surface area contributed by atoms with Crippen molar-refractivity contribution in [1.29, 1.82) is 0 Å². The summed E-state index contributed by atoms with van der Waals surface area (Å²) >= 11 is 0. The first kappa shape index (κ1) is 10.3. The maximum absolute atomic E-state index is 4.09. The highest BCUT2D eigenvalue weighted by Gasteiger charge is 2.03. The summed E-state index contributed by atoms with van der Waals surface area (Å²) in [5.41, 5.74) is 1.23. The van der Waals surface area contributed by atoms with Crippen molar-refractivity contribution in [1.82, 2.24) is 14.5 Å². The molecule has 0 radical (unpaired) electrons. The summed E-state index contributed by atoms with van der Waals surface area (Å²) in [5, 5.41) is 0. The van der Waals surface area contributed by atoms with E-state index in [0.29, 0.717) is 6.04 Å². The second-order valence-corrected chi connectivity index (χ2v) is 3.80. The molecule has 0 bridgehead atoms. The quantitative estimate of drug-likeness (QED) is 0.702. The van der Waals surface area contributed by atoms with E-state index in [1.165, 1.54) is 5.69 Å². The lowest BCUT2D eigenvalue weighted by molar-refractivity contribution is 0.262. The van der Waals surface area contributed by atoms with Gasteiger partial charge in [0.25, 0.3) is 0 Å². The zero-order chi connectivity index (χ0) is 9.84. The molecule has 0 unspecified atom stereocenters. The van der Waals surface area contributed by atoms with Crippen LogP contribution in [0, 0.1) is 6.92 Å². The fraction of sp³-hybridized carbons (Fsp3) is 0.700. The van der Waals surface area contributed by atoms with Gasteiger partial charge in [-0.3, -0.25) is 0 Å². The van der Waals surface area contributed by atoms with E-state index >= 15 is 0 Å². The SMILES string of the molecule is Cc1cncn1CCN(C)C(C)C. The summed E-state index contributed by atoms with van der Waals surface area (Å²) in [6.07, 6.45) is 3.79. The molecule has 0 aliphatic heterocycles. The summed E-state index contributed by atoms with van der Waals surface area (Å²) in [6.45, 7) is 8.61. The Morgan fingerprint density at radius 1 is 1.54 bits per heavy atom. The van der Waals surface area contributed by atoms with Crippen LogP contribution in [-0.2, 0) is 6.54 Å². The molecule has 3 heteroatoms. The maximum Gasteiger partial charge on any atom is 0.0948 e. The van der Waals surface area contributed by atoms with Crippen LogP contribution < -0.4 is 0 Å². The van der Waals surface area contributed by atoms with Gasteiger partial charge in [-0.25, -0.2) is 4.98 Å². The maximum atomic E-state index is 4.09. The molecule has 0 saturated heterocycles. The Morgan fingerprint density at radius 3 is 2.69 bits per heavy atom. The average molecular weight is 181 g/mol. The molecule has 74 valence electrons. The van der Waals surface area contributed by atoms with Gasteiger partial charge in [0.05, 0.1) is 6.33 Å². The van der Waals surface area contributed by atoms with Gasteiger partial charge in [-0.05, 0) is 27.8 Å². The first-order valence-corrected chi connectivity index (χ1v) is 4.78. The minimum atomic E-state index is 0.615. The normalized spacial score (nSPS) is 11.5. The molecule has 1 heterocycles. The van der Waals surface area contributed by atoms with Gasteiger partial charge in [0.1, 0.15) is 0 Å². The van der Waals surface area contributed by atoms with E-state index < -0.39 is 0 Å². The molecule has 0 aliphatic rings. The Labute approximate surface area is 80.4 Å². The third kappa shape index (κ3) is 2.84. The van der Waals surface area contributed by atoms with Crippen molar-refractivity contribution in [3.63, 3.8) is 0 Å². The van der Waals surface area contributed by atoms with E-state index in [1.807, 2.05) is 12.5 Å². The molecule has 1 rings (SSSR count). The molecule has 0 aromatic carbocycles. The second kappa shape index (κ2) is 4.42. The van der Waals surface area contributed by atoms with E-state index in [4.69, 9.17) is 0 Å². The van der Waals surface area contributed by atoms with Crippen LogP contribution in [0.1, 0.15) is 19.5 Å². The third-order valence-electron chi connectivity index (χ3n) is 2.50. The van der Waals surface area contributed by atoms with Gasteiger partial charge >= 0.3 is 0 Å². The van der Waals surface area contributed by atoms with Crippen LogP contribution in [0.4, 0.5) is 0 Å².